The van der Waals surface area contributed by atoms with Crippen molar-refractivity contribution in [1.29, 1.82) is 0 Å². The number of benzene rings is 3. The molecule has 0 aliphatic rings. The standard InChI is InChI=1S/C16H17NOSSi.C12H15NOSSi.Zn/c1-20(2,3)11-8-9-14(18)12(10-11)16-17-13-6-4-5-7-15(13)19-16;1-16(2,3)9-4-5-11(14)10(8-9)12-13-6-7-15-12;/h4-10,18H,1-3H3;4-8,14H,1-3H3;. The van der Waals surface area contributed by atoms with E-state index < -0.39 is 16.1 Å². The summed E-state index contributed by atoms with van der Waals surface area (Å²) in [6.45, 7) is 13.8. The van der Waals surface area contributed by atoms with Crippen LogP contribution in [0.5, 0.6) is 11.5 Å². The van der Waals surface area contributed by atoms with Crippen LogP contribution in [0.25, 0.3) is 31.4 Å². The predicted octanol–water partition coefficient (Wildman–Crippen LogP) is 7.27. The van der Waals surface area contributed by atoms with Gasteiger partial charge in [-0.05, 0) is 36.4 Å². The van der Waals surface area contributed by atoms with E-state index in [0.717, 1.165) is 31.4 Å². The summed E-state index contributed by atoms with van der Waals surface area (Å²) in [7, 11) is -2.73. The van der Waals surface area contributed by atoms with Crippen LogP contribution < -0.4 is 10.4 Å². The molecular weight excluding hydrogens is 582 g/mol. The molecule has 0 bridgehead atoms. The van der Waals surface area contributed by atoms with Crippen LogP contribution in [0.15, 0.2) is 72.2 Å². The number of rotatable bonds is 4. The molecule has 9 heteroatoms. The molecule has 0 atom stereocenters. The van der Waals surface area contributed by atoms with Crippen molar-refractivity contribution in [3.8, 4) is 32.6 Å². The first-order chi connectivity index (χ1) is 16.9. The molecule has 0 fully saturated rings. The van der Waals surface area contributed by atoms with Crippen LogP contribution >= 0.6 is 22.7 Å². The summed E-state index contributed by atoms with van der Waals surface area (Å²) in [4.78, 5) is 8.89. The number of aromatic nitrogens is 2. The number of aromatic hydroxyl groups is 2. The zero-order chi connectivity index (χ0) is 26.1. The molecule has 37 heavy (non-hydrogen) atoms. The Bertz CT molecular complexity index is 1460. The van der Waals surface area contributed by atoms with Gasteiger partial charge in [-0.2, -0.15) is 0 Å². The molecule has 188 valence electrons. The van der Waals surface area contributed by atoms with Crippen molar-refractivity contribution in [2.75, 3.05) is 0 Å². The van der Waals surface area contributed by atoms with Crippen molar-refractivity contribution in [2.24, 2.45) is 0 Å². The van der Waals surface area contributed by atoms with E-state index >= 15 is 0 Å². The summed E-state index contributed by atoms with van der Waals surface area (Å²) in [5.41, 5.74) is 2.70. The second-order valence-corrected chi connectivity index (χ2v) is 22.9. The molecule has 0 amide bonds. The first kappa shape index (κ1) is 29.4. The average Bonchev–Trinajstić information content (AvgIpc) is 3.48. The van der Waals surface area contributed by atoms with E-state index in [1.807, 2.05) is 35.7 Å². The van der Waals surface area contributed by atoms with Gasteiger partial charge in [-0.1, -0.05) is 73.9 Å². The second kappa shape index (κ2) is 11.7. The number of thiazole rings is 2. The Morgan fingerprint density at radius 1 is 0.703 bits per heavy atom. The second-order valence-electron chi connectivity index (χ2n) is 10.8. The smallest absolute Gasteiger partial charge is 0.128 e. The number of hydrogen-bond acceptors (Lipinski definition) is 6. The number of fused-ring (bicyclic) bond motifs is 1. The Kier molecular flexibility index (Phi) is 9.30. The van der Waals surface area contributed by atoms with Gasteiger partial charge in [0.25, 0.3) is 0 Å². The molecule has 2 N–H and O–H groups in total. The zero-order valence-electron chi connectivity index (χ0n) is 22.2. The molecule has 0 saturated heterocycles. The number of hydrogen-bond donors (Lipinski definition) is 2. The monoisotopic (exact) mass is 612 g/mol. The topological polar surface area (TPSA) is 66.2 Å². The first-order valence-electron chi connectivity index (χ1n) is 11.9. The maximum Gasteiger partial charge on any atom is 0.128 e. The fourth-order valence-electron chi connectivity index (χ4n) is 3.69. The van der Waals surface area contributed by atoms with Gasteiger partial charge >= 0.3 is 0 Å². The molecule has 0 unspecified atom stereocenters. The molecule has 0 spiro atoms. The van der Waals surface area contributed by atoms with Crippen LogP contribution in [0.3, 0.4) is 0 Å². The number of phenols is 2. The summed E-state index contributed by atoms with van der Waals surface area (Å²) in [5.74, 6) is 0.628. The van der Waals surface area contributed by atoms with Gasteiger partial charge < -0.3 is 10.2 Å². The minimum absolute atomic E-state index is 0. The minimum Gasteiger partial charge on any atom is -0.507 e. The molecule has 0 aliphatic carbocycles. The predicted molar refractivity (Wildman–Crippen MR) is 162 cm³/mol. The van der Waals surface area contributed by atoms with Gasteiger partial charge in [0.05, 0.1) is 37.5 Å². The first-order valence-corrected chi connectivity index (χ1v) is 20.6. The van der Waals surface area contributed by atoms with E-state index in [9.17, 15) is 10.2 Å². The van der Waals surface area contributed by atoms with Crippen LogP contribution in [0.2, 0.25) is 39.3 Å². The maximum absolute atomic E-state index is 10.2. The van der Waals surface area contributed by atoms with Gasteiger partial charge in [0.1, 0.15) is 21.5 Å². The van der Waals surface area contributed by atoms with E-state index in [4.69, 9.17) is 0 Å². The fraction of sp³-hybridized carbons (Fsp3) is 0.214. The normalized spacial score (nSPS) is 11.5. The van der Waals surface area contributed by atoms with Crippen molar-refractivity contribution in [1.82, 2.24) is 9.97 Å². The summed E-state index contributed by atoms with van der Waals surface area (Å²) >= 11 is 3.18. The van der Waals surface area contributed by atoms with Crippen LogP contribution in [0.4, 0.5) is 0 Å². The summed E-state index contributed by atoms with van der Waals surface area (Å²) in [6, 6.07) is 19.9. The van der Waals surface area contributed by atoms with E-state index in [0.29, 0.717) is 11.5 Å². The van der Waals surface area contributed by atoms with Crippen molar-refractivity contribution < 1.29 is 29.7 Å². The van der Waals surface area contributed by atoms with Crippen molar-refractivity contribution in [2.45, 2.75) is 39.3 Å². The molecule has 2 heterocycles. The molecule has 2 aromatic heterocycles. The molecular formula is C28H32N2O2S2Si2Zn. The van der Waals surface area contributed by atoms with Crippen LogP contribution in [-0.4, -0.2) is 36.3 Å². The van der Waals surface area contributed by atoms with Crippen molar-refractivity contribution in [3.63, 3.8) is 0 Å². The van der Waals surface area contributed by atoms with Crippen molar-refractivity contribution >= 4 is 59.4 Å². The van der Waals surface area contributed by atoms with Gasteiger partial charge in [-0.3, -0.25) is 0 Å². The van der Waals surface area contributed by atoms with E-state index in [-0.39, 0.29) is 19.5 Å². The van der Waals surface area contributed by atoms with Crippen LogP contribution in [0, 0.1) is 0 Å². The Balaban J connectivity index is 0.000000205. The van der Waals surface area contributed by atoms with Gasteiger partial charge in [0.2, 0.25) is 0 Å². The summed E-state index contributed by atoms with van der Waals surface area (Å²) in [6.07, 6.45) is 1.76. The van der Waals surface area contributed by atoms with Crippen LogP contribution in [0.1, 0.15) is 0 Å². The number of phenolic OH excluding ortho intramolecular Hbond substituents is 2. The third-order valence-electron chi connectivity index (χ3n) is 5.91. The van der Waals surface area contributed by atoms with Crippen molar-refractivity contribution in [3.05, 3.63) is 72.2 Å². The molecule has 5 aromatic rings. The number of para-hydroxylation sites is 1. The maximum atomic E-state index is 10.2. The quantitative estimate of drug-likeness (QED) is 0.209. The third-order valence-corrected chi connectivity index (χ3v) is 11.9. The molecule has 4 nitrogen and oxygen atoms in total. The van der Waals surface area contributed by atoms with Gasteiger partial charge in [0, 0.05) is 31.1 Å². The fourth-order valence-corrected chi connectivity index (χ4v) is 7.67. The Hall–Kier alpha value is -2.16. The molecule has 0 radical (unpaired) electrons. The minimum atomic E-state index is -1.39. The molecule has 5 rings (SSSR count). The van der Waals surface area contributed by atoms with E-state index in [2.05, 4.69) is 67.4 Å². The summed E-state index contributed by atoms with van der Waals surface area (Å²) < 4.78 is 1.15. The summed E-state index contributed by atoms with van der Waals surface area (Å²) in [5, 5.41) is 26.4. The third kappa shape index (κ3) is 7.03. The Labute approximate surface area is 241 Å². The zero-order valence-corrected chi connectivity index (χ0v) is 28.8. The SMILES string of the molecule is C[Si](C)(C)c1ccc(O)c(-c2nc3ccccc3s2)c1.C[Si](C)(C)c1ccc(O)c(-c2nccs2)c1.[Zn]. The average molecular weight is 614 g/mol. The van der Waals surface area contributed by atoms with Gasteiger partial charge in [0.15, 0.2) is 0 Å². The Morgan fingerprint density at radius 2 is 1.24 bits per heavy atom. The van der Waals surface area contributed by atoms with Gasteiger partial charge in [-0.25, -0.2) is 9.97 Å². The molecule has 0 aliphatic heterocycles. The Morgan fingerprint density at radius 3 is 1.73 bits per heavy atom. The van der Waals surface area contributed by atoms with Gasteiger partial charge in [-0.15, -0.1) is 22.7 Å². The van der Waals surface area contributed by atoms with E-state index in [1.54, 1.807) is 41.0 Å². The van der Waals surface area contributed by atoms with Crippen LogP contribution in [-0.2, 0) is 19.5 Å². The molecule has 3 aromatic carbocycles. The largest absolute Gasteiger partial charge is 0.507 e. The van der Waals surface area contributed by atoms with E-state index in [1.165, 1.54) is 10.4 Å². The molecule has 0 saturated carbocycles. The number of nitrogens with zero attached hydrogens (tertiary/aromatic N) is 2.